The summed E-state index contributed by atoms with van der Waals surface area (Å²) in [5.74, 6) is -0.120. The zero-order valence-electron chi connectivity index (χ0n) is 17.4. The number of carbonyl (C=O) groups is 1. The van der Waals surface area contributed by atoms with Gasteiger partial charge in [-0.25, -0.2) is 4.98 Å². The first-order chi connectivity index (χ1) is 15.1. The van der Waals surface area contributed by atoms with Crippen LogP contribution in [0.4, 0.5) is 24.5 Å². The van der Waals surface area contributed by atoms with Gasteiger partial charge < -0.3 is 11.1 Å². The molecule has 166 valence electrons. The second-order valence-electron chi connectivity index (χ2n) is 7.91. The van der Waals surface area contributed by atoms with Crippen LogP contribution in [0.25, 0.3) is 16.0 Å². The number of nitrogens with two attached hydrogens (primary N) is 1. The molecule has 3 N–H and O–H groups in total. The fourth-order valence-corrected chi connectivity index (χ4v) is 4.30. The van der Waals surface area contributed by atoms with E-state index >= 15 is 0 Å². The van der Waals surface area contributed by atoms with Gasteiger partial charge in [-0.1, -0.05) is 32.0 Å². The number of nitrogen functional groups attached to an aromatic ring is 1. The lowest BCUT2D eigenvalue weighted by molar-refractivity contribution is -0.137. The third-order valence-electron chi connectivity index (χ3n) is 4.98. The third-order valence-corrected chi connectivity index (χ3v) is 5.82. The lowest BCUT2D eigenvalue weighted by atomic mass is 10.0. The highest BCUT2D eigenvalue weighted by Crippen LogP contribution is 2.35. The lowest BCUT2D eigenvalue weighted by Gasteiger charge is -2.08. The Kier molecular flexibility index (Phi) is 5.68. The molecule has 1 amide bonds. The van der Waals surface area contributed by atoms with Crippen LogP contribution >= 0.6 is 11.3 Å². The minimum absolute atomic E-state index is 0.160. The second kappa shape index (κ2) is 8.31. The molecular formula is C23H21F3N4OS. The molecule has 0 saturated heterocycles. The van der Waals surface area contributed by atoms with E-state index in [1.54, 1.807) is 40.4 Å². The van der Waals surface area contributed by atoms with Crippen molar-refractivity contribution < 1.29 is 18.0 Å². The average molecular weight is 459 g/mol. The van der Waals surface area contributed by atoms with Gasteiger partial charge in [-0.05, 0) is 42.2 Å². The zero-order valence-corrected chi connectivity index (χ0v) is 18.2. The van der Waals surface area contributed by atoms with Gasteiger partial charge in [-0.15, -0.1) is 11.3 Å². The number of fused-ring (bicyclic) bond motifs is 1. The number of amides is 1. The quantitative estimate of drug-likeness (QED) is 0.353. The maximum Gasteiger partial charge on any atom is 0.416 e. The average Bonchev–Trinajstić information content (AvgIpc) is 3.34. The molecule has 0 fully saturated rings. The molecule has 5 nitrogen and oxygen atoms in total. The molecule has 0 aliphatic rings. The monoisotopic (exact) mass is 458 g/mol. The van der Waals surface area contributed by atoms with Crippen LogP contribution in [0.15, 0.2) is 54.0 Å². The molecular weight excluding hydrogens is 437 g/mol. The van der Waals surface area contributed by atoms with Crippen LogP contribution in [-0.4, -0.2) is 15.5 Å². The fraction of sp³-hybridized carbons (Fsp3) is 0.217. The van der Waals surface area contributed by atoms with Crippen LogP contribution in [0.2, 0.25) is 0 Å². The van der Waals surface area contributed by atoms with E-state index in [4.69, 9.17) is 5.73 Å². The topological polar surface area (TPSA) is 72.9 Å². The Bertz CT molecular complexity index is 1290. The number of alkyl halides is 3. The predicted molar refractivity (Wildman–Crippen MR) is 121 cm³/mol. The Labute approximate surface area is 186 Å². The molecule has 2 aromatic carbocycles. The SMILES string of the molecule is CC(C)Cc1cn(-c2nc(C(=O)Nc3ccccc3N)cs2)c2cc(C(F)(F)F)ccc12. The number of carbonyl (C=O) groups excluding carboxylic acids is 1. The summed E-state index contributed by atoms with van der Waals surface area (Å²) in [5, 5.41) is 5.44. The molecule has 2 heterocycles. The van der Waals surface area contributed by atoms with Crippen molar-refractivity contribution in [2.24, 2.45) is 5.92 Å². The Hall–Kier alpha value is -3.33. The fourth-order valence-electron chi connectivity index (χ4n) is 3.51. The van der Waals surface area contributed by atoms with Crippen molar-refractivity contribution in [2.45, 2.75) is 26.4 Å². The molecule has 0 spiro atoms. The number of aromatic nitrogens is 2. The number of thiazole rings is 1. The molecule has 32 heavy (non-hydrogen) atoms. The minimum atomic E-state index is -4.45. The van der Waals surface area contributed by atoms with Crippen molar-refractivity contribution in [3.05, 3.63) is 70.9 Å². The highest BCUT2D eigenvalue weighted by Gasteiger charge is 2.31. The van der Waals surface area contributed by atoms with Gasteiger partial charge >= 0.3 is 6.18 Å². The Morgan fingerprint density at radius 2 is 1.97 bits per heavy atom. The molecule has 0 unspecified atom stereocenters. The van der Waals surface area contributed by atoms with Gasteiger partial charge in [0.05, 0.1) is 22.5 Å². The molecule has 0 bridgehead atoms. The Balaban J connectivity index is 1.73. The van der Waals surface area contributed by atoms with Crippen LogP contribution in [-0.2, 0) is 12.6 Å². The van der Waals surface area contributed by atoms with Gasteiger partial charge in [-0.2, -0.15) is 13.2 Å². The molecule has 2 aromatic heterocycles. The van der Waals surface area contributed by atoms with Gasteiger partial charge in [0.1, 0.15) is 5.69 Å². The number of rotatable bonds is 5. The first-order valence-corrected chi connectivity index (χ1v) is 10.8. The summed E-state index contributed by atoms with van der Waals surface area (Å²) in [6, 6.07) is 10.6. The molecule has 0 radical (unpaired) electrons. The lowest BCUT2D eigenvalue weighted by Crippen LogP contribution is -2.13. The predicted octanol–water partition coefficient (Wildman–Crippen LogP) is 6.14. The smallest absolute Gasteiger partial charge is 0.397 e. The van der Waals surface area contributed by atoms with Gasteiger partial charge in [0.15, 0.2) is 5.13 Å². The number of nitrogens with zero attached hydrogens (tertiary/aromatic N) is 2. The highest BCUT2D eigenvalue weighted by molar-refractivity contribution is 7.12. The van der Waals surface area contributed by atoms with Crippen LogP contribution in [0.3, 0.4) is 0 Å². The first kappa shape index (κ1) is 21.9. The number of benzene rings is 2. The molecule has 0 saturated carbocycles. The van der Waals surface area contributed by atoms with E-state index in [1.807, 2.05) is 13.8 Å². The number of nitrogens with one attached hydrogen (secondary N) is 1. The van der Waals surface area contributed by atoms with E-state index in [2.05, 4.69) is 10.3 Å². The summed E-state index contributed by atoms with van der Waals surface area (Å²) >= 11 is 1.18. The summed E-state index contributed by atoms with van der Waals surface area (Å²) in [6.45, 7) is 4.10. The summed E-state index contributed by atoms with van der Waals surface area (Å²) in [6.07, 6.45) is -1.94. The third kappa shape index (κ3) is 4.34. The van der Waals surface area contributed by atoms with Crippen molar-refractivity contribution in [1.29, 1.82) is 0 Å². The minimum Gasteiger partial charge on any atom is -0.397 e. The van der Waals surface area contributed by atoms with Crippen molar-refractivity contribution in [2.75, 3.05) is 11.1 Å². The van der Waals surface area contributed by atoms with Gasteiger partial charge in [0.25, 0.3) is 5.91 Å². The maximum atomic E-state index is 13.3. The van der Waals surface area contributed by atoms with Gasteiger partial charge in [0, 0.05) is 17.0 Å². The van der Waals surface area contributed by atoms with Crippen molar-refractivity contribution in [1.82, 2.24) is 9.55 Å². The standard InChI is InChI=1S/C23H21F3N4OS/c1-13(2)9-14-11-30(20-10-15(23(24,25)26)7-8-16(14)20)22-29-19(12-32-22)21(31)28-18-6-4-3-5-17(18)27/h3-8,10-13H,9,27H2,1-2H3,(H,28,31). The summed E-state index contributed by atoms with van der Waals surface area (Å²) in [4.78, 5) is 17.0. The molecule has 0 aliphatic heterocycles. The van der Waals surface area contributed by atoms with E-state index in [1.165, 1.54) is 17.4 Å². The van der Waals surface area contributed by atoms with E-state index in [-0.39, 0.29) is 5.69 Å². The normalized spacial score (nSPS) is 11.9. The van der Waals surface area contributed by atoms with Crippen LogP contribution in [0.1, 0.15) is 35.5 Å². The van der Waals surface area contributed by atoms with E-state index in [9.17, 15) is 18.0 Å². The molecule has 0 atom stereocenters. The largest absolute Gasteiger partial charge is 0.416 e. The number of para-hydroxylation sites is 2. The maximum absolute atomic E-state index is 13.3. The number of halogens is 3. The van der Waals surface area contributed by atoms with Crippen molar-refractivity contribution in [3.63, 3.8) is 0 Å². The first-order valence-electron chi connectivity index (χ1n) is 9.96. The van der Waals surface area contributed by atoms with Crippen LogP contribution < -0.4 is 11.1 Å². The number of hydrogen-bond acceptors (Lipinski definition) is 4. The van der Waals surface area contributed by atoms with Crippen molar-refractivity contribution in [3.8, 4) is 5.13 Å². The Morgan fingerprint density at radius 3 is 2.66 bits per heavy atom. The Morgan fingerprint density at radius 1 is 1.22 bits per heavy atom. The van der Waals surface area contributed by atoms with Gasteiger partial charge in [-0.3, -0.25) is 9.36 Å². The summed E-state index contributed by atoms with van der Waals surface area (Å²) in [5.41, 5.74) is 7.53. The molecule has 0 aliphatic carbocycles. The van der Waals surface area contributed by atoms with E-state index in [0.717, 1.165) is 23.1 Å². The molecule has 9 heteroatoms. The van der Waals surface area contributed by atoms with Crippen molar-refractivity contribution >= 4 is 39.5 Å². The summed E-state index contributed by atoms with van der Waals surface area (Å²) in [7, 11) is 0. The van der Waals surface area contributed by atoms with E-state index < -0.39 is 17.6 Å². The zero-order chi connectivity index (χ0) is 23.0. The van der Waals surface area contributed by atoms with E-state index in [0.29, 0.717) is 34.4 Å². The molecule has 4 aromatic rings. The van der Waals surface area contributed by atoms with Gasteiger partial charge in [0.2, 0.25) is 0 Å². The highest BCUT2D eigenvalue weighted by atomic mass is 32.1. The molecule has 4 rings (SSSR count). The summed E-state index contributed by atoms with van der Waals surface area (Å²) < 4.78 is 41.6. The number of anilines is 2. The second-order valence-corrected chi connectivity index (χ2v) is 8.75. The van der Waals surface area contributed by atoms with Crippen LogP contribution in [0.5, 0.6) is 0 Å². The van der Waals surface area contributed by atoms with Crippen LogP contribution in [0, 0.1) is 5.92 Å². The number of hydrogen-bond donors (Lipinski definition) is 2.